The van der Waals surface area contributed by atoms with Crippen LogP contribution in [0.4, 0.5) is 4.39 Å². The van der Waals surface area contributed by atoms with Crippen molar-refractivity contribution in [2.24, 2.45) is 0 Å². The Morgan fingerprint density at radius 2 is 2.08 bits per heavy atom. The number of carboxylic acids is 1. The third kappa shape index (κ3) is 4.70. The highest BCUT2D eigenvalue weighted by molar-refractivity contribution is 7.12. The lowest BCUT2D eigenvalue weighted by Gasteiger charge is -2.11. The first-order valence-electron chi connectivity index (χ1n) is 7.10. The summed E-state index contributed by atoms with van der Waals surface area (Å²) in [6, 6.07) is 3.54. The molecule has 0 aliphatic rings. The number of carboxylic acid groups (broad SMARTS) is 1. The summed E-state index contributed by atoms with van der Waals surface area (Å²) in [5.74, 6) is -3.16. The molecule has 1 heterocycles. The number of hydrogen-bond donors (Lipinski definition) is 2. The summed E-state index contributed by atoms with van der Waals surface area (Å²) in [6.45, 7) is -0.641. The molecule has 1 aromatic heterocycles. The van der Waals surface area contributed by atoms with Gasteiger partial charge in [-0.25, -0.2) is 14.0 Å². The van der Waals surface area contributed by atoms with Gasteiger partial charge in [0.05, 0.1) is 17.7 Å². The van der Waals surface area contributed by atoms with Gasteiger partial charge in [0.2, 0.25) is 0 Å². The van der Waals surface area contributed by atoms with E-state index in [1.807, 2.05) is 0 Å². The molecule has 2 aromatic rings. The minimum atomic E-state index is -1.23. The van der Waals surface area contributed by atoms with Crippen molar-refractivity contribution in [3.63, 3.8) is 0 Å². The summed E-state index contributed by atoms with van der Waals surface area (Å²) >= 11 is 6.82. The molecule has 0 unspecified atom stereocenters. The number of thiophene rings is 1. The van der Waals surface area contributed by atoms with Crippen LogP contribution in [0.2, 0.25) is 5.02 Å². The number of amides is 1. The molecule has 0 aliphatic carbocycles. The van der Waals surface area contributed by atoms with E-state index in [1.54, 1.807) is 0 Å². The number of ether oxygens (including phenoxy) is 2. The van der Waals surface area contributed by atoms with Crippen LogP contribution < -0.4 is 10.1 Å². The molecule has 2 N–H and O–H groups in total. The average Bonchev–Trinajstić information content (AvgIpc) is 3.09. The van der Waals surface area contributed by atoms with E-state index in [-0.39, 0.29) is 33.3 Å². The SMILES string of the molecule is COC(=O)COc1cc(CNC(=O)c2sccc2C(=O)O)c(F)cc1Cl. The summed E-state index contributed by atoms with van der Waals surface area (Å²) in [5, 5.41) is 12.9. The third-order valence-corrected chi connectivity index (χ3v) is 4.42. The fraction of sp³-hybridized carbons (Fsp3) is 0.188. The zero-order valence-corrected chi connectivity index (χ0v) is 14.9. The van der Waals surface area contributed by atoms with Gasteiger partial charge in [0, 0.05) is 12.1 Å². The van der Waals surface area contributed by atoms with Crippen LogP contribution in [0.3, 0.4) is 0 Å². The van der Waals surface area contributed by atoms with Crippen molar-refractivity contribution < 1.29 is 33.4 Å². The first-order valence-corrected chi connectivity index (χ1v) is 8.35. The molecule has 0 saturated carbocycles. The Balaban J connectivity index is 2.11. The predicted octanol–water partition coefficient (Wildman–Crippen LogP) is 2.72. The third-order valence-electron chi connectivity index (χ3n) is 3.22. The Morgan fingerprint density at radius 1 is 1.35 bits per heavy atom. The second kappa shape index (κ2) is 8.63. The molecule has 0 spiro atoms. The van der Waals surface area contributed by atoms with Gasteiger partial charge >= 0.3 is 11.9 Å². The highest BCUT2D eigenvalue weighted by Gasteiger charge is 2.19. The number of carbonyl (C=O) groups is 3. The van der Waals surface area contributed by atoms with Crippen LogP contribution in [0.15, 0.2) is 23.6 Å². The van der Waals surface area contributed by atoms with E-state index in [2.05, 4.69) is 10.1 Å². The molecule has 0 radical (unpaired) electrons. The first kappa shape index (κ1) is 19.7. The number of nitrogens with one attached hydrogen (secondary N) is 1. The summed E-state index contributed by atoms with van der Waals surface area (Å²) in [5.41, 5.74) is -0.0813. The number of halogens is 2. The molecule has 0 atom stereocenters. The Bertz CT molecular complexity index is 853. The van der Waals surface area contributed by atoms with Gasteiger partial charge in [0.15, 0.2) is 6.61 Å². The fourth-order valence-corrected chi connectivity index (χ4v) is 2.93. The maximum Gasteiger partial charge on any atom is 0.343 e. The van der Waals surface area contributed by atoms with Crippen LogP contribution in [-0.2, 0) is 16.1 Å². The van der Waals surface area contributed by atoms with E-state index in [4.69, 9.17) is 21.4 Å². The van der Waals surface area contributed by atoms with Crippen LogP contribution in [0.25, 0.3) is 0 Å². The molecule has 138 valence electrons. The van der Waals surface area contributed by atoms with E-state index in [1.165, 1.54) is 24.6 Å². The van der Waals surface area contributed by atoms with Gasteiger partial charge < -0.3 is 19.9 Å². The largest absolute Gasteiger partial charge is 0.480 e. The zero-order chi connectivity index (χ0) is 19.3. The lowest BCUT2D eigenvalue weighted by Crippen LogP contribution is -2.24. The molecule has 0 fully saturated rings. The monoisotopic (exact) mass is 401 g/mol. The van der Waals surface area contributed by atoms with Gasteiger partial charge in [-0.3, -0.25) is 4.79 Å². The van der Waals surface area contributed by atoms with Crippen molar-refractivity contribution in [2.75, 3.05) is 13.7 Å². The standard InChI is InChI=1S/C16H13ClFNO6S/c1-24-13(20)7-25-12-4-8(11(18)5-10(12)17)6-19-15(21)14-9(16(22)23)2-3-26-14/h2-5H,6-7H2,1H3,(H,19,21)(H,22,23). The first-order chi connectivity index (χ1) is 12.3. The molecule has 2 rings (SSSR count). The highest BCUT2D eigenvalue weighted by atomic mass is 35.5. The number of benzene rings is 1. The van der Waals surface area contributed by atoms with Crippen molar-refractivity contribution in [1.82, 2.24) is 5.32 Å². The van der Waals surface area contributed by atoms with Crippen LogP contribution in [-0.4, -0.2) is 36.7 Å². The maximum absolute atomic E-state index is 14.0. The summed E-state index contributed by atoms with van der Waals surface area (Å²) in [6.07, 6.45) is 0. The van der Waals surface area contributed by atoms with Crippen LogP contribution in [0.1, 0.15) is 25.6 Å². The van der Waals surface area contributed by atoms with Gasteiger partial charge in [0.1, 0.15) is 16.4 Å². The Hall–Kier alpha value is -2.65. The number of rotatable bonds is 7. The number of carbonyl (C=O) groups excluding carboxylic acids is 2. The van der Waals surface area contributed by atoms with Crippen molar-refractivity contribution in [3.05, 3.63) is 50.4 Å². The van der Waals surface area contributed by atoms with Crippen LogP contribution in [0.5, 0.6) is 5.75 Å². The molecule has 0 bridgehead atoms. The molecule has 7 nitrogen and oxygen atoms in total. The van der Waals surface area contributed by atoms with E-state index in [0.717, 1.165) is 17.4 Å². The Morgan fingerprint density at radius 3 is 2.73 bits per heavy atom. The number of hydrogen-bond acceptors (Lipinski definition) is 6. The van der Waals surface area contributed by atoms with Gasteiger partial charge in [-0.2, -0.15) is 0 Å². The zero-order valence-electron chi connectivity index (χ0n) is 13.4. The van der Waals surface area contributed by atoms with Crippen LogP contribution in [0, 0.1) is 5.82 Å². The normalized spacial score (nSPS) is 10.3. The quantitative estimate of drug-likeness (QED) is 0.692. The fourth-order valence-electron chi connectivity index (χ4n) is 1.92. The highest BCUT2D eigenvalue weighted by Crippen LogP contribution is 2.28. The molecule has 1 amide bonds. The minimum Gasteiger partial charge on any atom is -0.480 e. The molecule has 26 heavy (non-hydrogen) atoms. The molecule has 10 heteroatoms. The number of esters is 1. The summed E-state index contributed by atoms with van der Waals surface area (Å²) in [7, 11) is 1.19. The average molecular weight is 402 g/mol. The molecule has 0 saturated heterocycles. The lowest BCUT2D eigenvalue weighted by molar-refractivity contribution is -0.142. The molecule has 1 aromatic carbocycles. The number of aromatic carboxylic acids is 1. The van der Waals surface area contributed by atoms with Crippen molar-refractivity contribution in [2.45, 2.75) is 6.54 Å². The second-order valence-electron chi connectivity index (χ2n) is 4.89. The molecular weight excluding hydrogens is 389 g/mol. The topological polar surface area (TPSA) is 102 Å². The van der Waals surface area contributed by atoms with Crippen molar-refractivity contribution >= 4 is 40.8 Å². The lowest BCUT2D eigenvalue weighted by atomic mass is 10.2. The van der Waals surface area contributed by atoms with E-state index >= 15 is 0 Å². The molecular formula is C16H13ClFNO6S. The van der Waals surface area contributed by atoms with Gasteiger partial charge in [-0.05, 0) is 23.6 Å². The van der Waals surface area contributed by atoms with Gasteiger partial charge in [0.25, 0.3) is 5.91 Å². The van der Waals surface area contributed by atoms with Gasteiger partial charge in [-0.1, -0.05) is 11.6 Å². The predicted molar refractivity (Wildman–Crippen MR) is 91.4 cm³/mol. The van der Waals surface area contributed by atoms with Crippen molar-refractivity contribution in [3.8, 4) is 5.75 Å². The van der Waals surface area contributed by atoms with Crippen LogP contribution >= 0.6 is 22.9 Å². The van der Waals surface area contributed by atoms with E-state index in [9.17, 15) is 18.8 Å². The Kier molecular flexibility index (Phi) is 6.53. The summed E-state index contributed by atoms with van der Waals surface area (Å²) < 4.78 is 23.6. The second-order valence-corrected chi connectivity index (χ2v) is 6.21. The van der Waals surface area contributed by atoms with Gasteiger partial charge in [-0.15, -0.1) is 11.3 Å². The van der Waals surface area contributed by atoms with E-state index in [0.29, 0.717) is 0 Å². The summed E-state index contributed by atoms with van der Waals surface area (Å²) in [4.78, 5) is 34.3. The van der Waals surface area contributed by atoms with E-state index < -0.39 is 30.3 Å². The Labute approximate surface area is 156 Å². The minimum absolute atomic E-state index is 0.00837. The molecule has 0 aliphatic heterocycles. The smallest absolute Gasteiger partial charge is 0.343 e. The van der Waals surface area contributed by atoms with Crippen molar-refractivity contribution in [1.29, 1.82) is 0 Å². The maximum atomic E-state index is 14.0. The number of methoxy groups -OCH3 is 1.